The van der Waals surface area contributed by atoms with Crippen molar-refractivity contribution in [2.75, 3.05) is 0 Å². The summed E-state index contributed by atoms with van der Waals surface area (Å²) in [6.45, 7) is 0. The summed E-state index contributed by atoms with van der Waals surface area (Å²) in [6, 6.07) is 6.74. The lowest BCUT2D eigenvalue weighted by atomic mass is 10.0. The van der Waals surface area contributed by atoms with Gasteiger partial charge in [0.1, 0.15) is 5.52 Å². The largest absolute Gasteiger partial charge is 0.417 e. The highest BCUT2D eigenvalue weighted by Gasteiger charge is 2.33. The van der Waals surface area contributed by atoms with Crippen LogP contribution in [0, 0.1) is 0 Å². The first-order chi connectivity index (χ1) is 9.47. The van der Waals surface area contributed by atoms with Gasteiger partial charge in [-0.15, -0.1) is 0 Å². The van der Waals surface area contributed by atoms with E-state index in [1.807, 2.05) is 0 Å². The maximum absolute atomic E-state index is 13.0. The number of halogens is 4. The number of hydrogen-bond acceptors (Lipinski definition) is 2. The Kier molecular flexibility index (Phi) is 2.90. The Labute approximate surface area is 116 Å². The average molecular weight is 298 g/mol. The second-order valence-corrected chi connectivity index (χ2v) is 4.50. The third-order valence-electron chi connectivity index (χ3n) is 2.87. The molecule has 102 valence electrons. The standard InChI is InChI=1S/C13H7ClF3N3/c14-12-11-10(18-6-19-11)5-9(20-12)7-3-1-2-4-8(7)13(15,16)17/h1-6H,(H,18,19). The lowest BCUT2D eigenvalue weighted by Crippen LogP contribution is -2.07. The van der Waals surface area contributed by atoms with Gasteiger partial charge in [0.15, 0.2) is 5.15 Å². The van der Waals surface area contributed by atoms with Crippen LogP contribution in [0.15, 0.2) is 36.7 Å². The fraction of sp³-hybridized carbons (Fsp3) is 0.0769. The minimum Gasteiger partial charge on any atom is -0.344 e. The molecule has 0 fully saturated rings. The molecule has 0 saturated carbocycles. The number of fused-ring (bicyclic) bond motifs is 1. The molecule has 3 aromatic rings. The number of hydrogen-bond donors (Lipinski definition) is 1. The van der Waals surface area contributed by atoms with Gasteiger partial charge in [-0.25, -0.2) is 9.97 Å². The van der Waals surface area contributed by atoms with Gasteiger partial charge in [0.25, 0.3) is 0 Å². The molecule has 0 spiro atoms. The number of nitrogens with zero attached hydrogens (tertiary/aromatic N) is 2. The number of aromatic amines is 1. The lowest BCUT2D eigenvalue weighted by Gasteiger charge is -2.12. The second-order valence-electron chi connectivity index (χ2n) is 4.14. The molecule has 0 bridgehead atoms. The molecule has 0 aliphatic heterocycles. The van der Waals surface area contributed by atoms with Crippen LogP contribution in [0.3, 0.4) is 0 Å². The summed E-state index contributed by atoms with van der Waals surface area (Å²) in [5.41, 5.74) is 0.359. The molecule has 1 N–H and O–H groups in total. The summed E-state index contributed by atoms with van der Waals surface area (Å²) >= 11 is 5.95. The van der Waals surface area contributed by atoms with Crippen LogP contribution in [0.5, 0.6) is 0 Å². The molecule has 0 atom stereocenters. The SMILES string of the molecule is FC(F)(F)c1ccccc1-c1cc2[nH]cnc2c(Cl)n1. The van der Waals surface area contributed by atoms with Crippen LogP contribution >= 0.6 is 11.6 Å². The van der Waals surface area contributed by atoms with E-state index in [9.17, 15) is 13.2 Å². The quantitative estimate of drug-likeness (QED) is 0.681. The molecule has 0 aliphatic carbocycles. The second kappa shape index (κ2) is 4.49. The van der Waals surface area contributed by atoms with Crippen molar-refractivity contribution in [2.24, 2.45) is 0 Å². The van der Waals surface area contributed by atoms with E-state index in [1.165, 1.54) is 30.6 Å². The van der Waals surface area contributed by atoms with Crippen LogP contribution < -0.4 is 0 Å². The van der Waals surface area contributed by atoms with Crippen LogP contribution in [-0.4, -0.2) is 15.0 Å². The van der Waals surface area contributed by atoms with E-state index in [2.05, 4.69) is 15.0 Å². The molecule has 2 heterocycles. The van der Waals surface area contributed by atoms with Crippen molar-refractivity contribution in [2.45, 2.75) is 6.18 Å². The maximum Gasteiger partial charge on any atom is 0.417 e. The first-order valence-electron chi connectivity index (χ1n) is 5.63. The van der Waals surface area contributed by atoms with Gasteiger partial charge in [0.2, 0.25) is 0 Å². The lowest BCUT2D eigenvalue weighted by molar-refractivity contribution is -0.137. The molecule has 0 radical (unpaired) electrons. The van der Waals surface area contributed by atoms with Crippen LogP contribution in [0.25, 0.3) is 22.3 Å². The molecule has 3 rings (SSSR count). The van der Waals surface area contributed by atoms with Crippen molar-refractivity contribution >= 4 is 22.6 Å². The molecule has 20 heavy (non-hydrogen) atoms. The number of H-pyrrole nitrogens is 1. The summed E-state index contributed by atoms with van der Waals surface area (Å²) in [7, 11) is 0. The smallest absolute Gasteiger partial charge is 0.344 e. The van der Waals surface area contributed by atoms with Crippen molar-refractivity contribution < 1.29 is 13.2 Å². The van der Waals surface area contributed by atoms with Gasteiger partial charge in [0.05, 0.1) is 23.1 Å². The van der Waals surface area contributed by atoms with E-state index in [4.69, 9.17) is 11.6 Å². The zero-order valence-corrected chi connectivity index (χ0v) is 10.6. The summed E-state index contributed by atoms with van der Waals surface area (Å²) in [5, 5.41) is 0.0655. The molecular formula is C13H7ClF3N3. The van der Waals surface area contributed by atoms with E-state index in [-0.39, 0.29) is 16.4 Å². The zero-order valence-electron chi connectivity index (χ0n) is 9.87. The Balaban J connectivity index is 2.26. The normalized spacial score (nSPS) is 12.0. The topological polar surface area (TPSA) is 41.6 Å². The number of pyridine rings is 1. The highest BCUT2D eigenvalue weighted by molar-refractivity contribution is 6.33. The van der Waals surface area contributed by atoms with Crippen LogP contribution in [-0.2, 0) is 6.18 Å². The Morgan fingerprint density at radius 2 is 1.90 bits per heavy atom. The fourth-order valence-corrected chi connectivity index (χ4v) is 2.24. The van der Waals surface area contributed by atoms with Crippen LogP contribution in [0.4, 0.5) is 13.2 Å². The van der Waals surface area contributed by atoms with Crippen molar-refractivity contribution in [1.29, 1.82) is 0 Å². The third-order valence-corrected chi connectivity index (χ3v) is 3.14. The monoisotopic (exact) mass is 297 g/mol. The van der Waals surface area contributed by atoms with Crippen molar-refractivity contribution in [1.82, 2.24) is 15.0 Å². The first-order valence-corrected chi connectivity index (χ1v) is 6.01. The zero-order chi connectivity index (χ0) is 14.3. The van der Waals surface area contributed by atoms with E-state index < -0.39 is 11.7 Å². The van der Waals surface area contributed by atoms with E-state index in [1.54, 1.807) is 0 Å². The van der Waals surface area contributed by atoms with Crippen molar-refractivity contribution in [3.63, 3.8) is 0 Å². The Bertz CT molecular complexity index is 780. The number of nitrogens with one attached hydrogen (secondary N) is 1. The van der Waals surface area contributed by atoms with Crippen molar-refractivity contribution in [3.05, 3.63) is 47.4 Å². The van der Waals surface area contributed by atoms with Gasteiger partial charge in [-0.1, -0.05) is 29.8 Å². The van der Waals surface area contributed by atoms with E-state index >= 15 is 0 Å². The maximum atomic E-state index is 13.0. The highest BCUT2D eigenvalue weighted by Crippen LogP contribution is 2.37. The Hall–Kier alpha value is -2.08. The molecule has 0 amide bonds. The summed E-state index contributed by atoms with van der Waals surface area (Å²) in [5.74, 6) is 0. The van der Waals surface area contributed by atoms with Gasteiger partial charge in [-0.2, -0.15) is 13.2 Å². The predicted octanol–water partition coefficient (Wildman–Crippen LogP) is 4.30. The fourth-order valence-electron chi connectivity index (χ4n) is 2.00. The molecule has 2 aromatic heterocycles. The molecule has 1 aromatic carbocycles. The van der Waals surface area contributed by atoms with E-state index in [0.717, 1.165) is 6.07 Å². The molecule has 0 aliphatic rings. The molecular weight excluding hydrogens is 291 g/mol. The minimum atomic E-state index is -4.45. The van der Waals surface area contributed by atoms with Crippen molar-refractivity contribution in [3.8, 4) is 11.3 Å². The molecule has 3 nitrogen and oxygen atoms in total. The average Bonchev–Trinajstić information content (AvgIpc) is 2.86. The van der Waals surface area contributed by atoms with Gasteiger partial charge >= 0.3 is 6.18 Å². The Morgan fingerprint density at radius 3 is 2.65 bits per heavy atom. The highest BCUT2D eigenvalue weighted by atomic mass is 35.5. The van der Waals surface area contributed by atoms with E-state index in [0.29, 0.717) is 11.0 Å². The molecule has 0 unspecified atom stereocenters. The number of imidazole rings is 1. The van der Waals surface area contributed by atoms with Crippen LogP contribution in [0.1, 0.15) is 5.56 Å². The minimum absolute atomic E-state index is 0.0154. The van der Waals surface area contributed by atoms with Gasteiger partial charge < -0.3 is 4.98 Å². The number of rotatable bonds is 1. The van der Waals surface area contributed by atoms with Gasteiger partial charge in [0, 0.05) is 5.56 Å². The number of aromatic nitrogens is 3. The van der Waals surface area contributed by atoms with Crippen LogP contribution in [0.2, 0.25) is 5.15 Å². The summed E-state index contributed by atoms with van der Waals surface area (Å²) in [4.78, 5) is 10.8. The molecule has 7 heteroatoms. The molecule has 0 saturated heterocycles. The number of alkyl halides is 3. The summed E-state index contributed by atoms with van der Waals surface area (Å²) in [6.07, 6.45) is -3.04. The number of benzene rings is 1. The Morgan fingerprint density at radius 1 is 1.15 bits per heavy atom. The third kappa shape index (κ3) is 2.12. The van der Waals surface area contributed by atoms with Gasteiger partial charge in [-0.3, -0.25) is 0 Å². The first kappa shape index (κ1) is 12.9. The van der Waals surface area contributed by atoms with Gasteiger partial charge in [-0.05, 0) is 12.1 Å². The summed E-state index contributed by atoms with van der Waals surface area (Å²) < 4.78 is 39.0. The predicted molar refractivity (Wildman–Crippen MR) is 69.3 cm³/mol.